The van der Waals surface area contributed by atoms with Gasteiger partial charge in [-0.15, -0.1) is 0 Å². The maximum atomic E-state index is 12.0. The van der Waals surface area contributed by atoms with Crippen molar-refractivity contribution in [1.82, 2.24) is 20.4 Å². The Labute approximate surface area is 167 Å². The zero-order valence-corrected chi connectivity index (χ0v) is 16.7. The van der Waals surface area contributed by atoms with Gasteiger partial charge in [-0.25, -0.2) is 0 Å². The first-order valence-corrected chi connectivity index (χ1v) is 9.98. The molecule has 3 rings (SSSR count). The fourth-order valence-electron chi connectivity index (χ4n) is 3.27. The molecule has 0 atom stereocenters. The van der Waals surface area contributed by atoms with E-state index in [1.54, 1.807) is 13.1 Å². The van der Waals surface area contributed by atoms with Crippen LogP contribution in [0, 0.1) is 0 Å². The zero-order valence-electron chi connectivity index (χ0n) is 16.7. The predicted molar refractivity (Wildman–Crippen MR) is 112 cm³/mol. The summed E-state index contributed by atoms with van der Waals surface area (Å²) in [6, 6.07) is 8.42. The molecular weight excluding hydrogens is 354 g/mol. The van der Waals surface area contributed by atoms with Crippen LogP contribution in [0.1, 0.15) is 18.4 Å². The summed E-state index contributed by atoms with van der Waals surface area (Å²) >= 11 is 0. The molecule has 0 unspecified atom stereocenters. The van der Waals surface area contributed by atoms with Crippen LogP contribution in [0.4, 0.5) is 0 Å². The van der Waals surface area contributed by atoms with E-state index in [4.69, 9.17) is 4.74 Å². The lowest BCUT2D eigenvalue weighted by Gasteiger charge is -2.36. The molecule has 1 saturated carbocycles. The SMILES string of the molecule is C=CCOc1ccccc1CNC(=NC)N1CCN(CC(=O)NC2CC2)CC1. The zero-order chi connectivity index (χ0) is 19.8. The summed E-state index contributed by atoms with van der Waals surface area (Å²) in [5.41, 5.74) is 1.08. The van der Waals surface area contributed by atoms with Gasteiger partial charge >= 0.3 is 0 Å². The first kappa shape index (κ1) is 20.2. The average molecular weight is 386 g/mol. The van der Waals surface area contributed by atoms with Gasteiger partial charge in [-0.1, -0.05) is 30.9 Å². The molecule has 1 aliphatic carbocycles. The van der Waals surface area contributed by atoms with Crippen LogP contribution >= 0.6 is 0 Å². The summed E-state index contributed by atoms with van der Waals surface area (Å²) in [4.78, 5) is 20.9. The number of benzene rings is 1. The van der Waals surface area contributed by atoms with E-state index in [2.05, 4.69) is 38.1 Å². The Morgan fingerprint density at radius 1 is 1.29 bits per heavy atom. The molecule has 7 heteroatoms. The Bertz CT molecular complexity index is 694. The third-order valence-corrected chi connectivity index (χ3v) is 4.96. The Kier molecular flexibility index (Phi) is 7.31. The molecule has 2 aliphatic rings. The molecule has 152 valence electrons. The summed E-state index contributed by atoms with van der Waals surface area (Å²) < 4.78 is 5.72. The van der Waals surface area contributed by atoms with E-state index < -0.39 is 0 Å². The summed E-state index contributed by atoms with van der Waals surface area (Å²) in [6.45, 7) is 8.74. The number of carbonyl (C=O) groups excluding carboxylic acids is 1. The molecule has 0 radical (unpaired) electrons. The molecule has 28 heavy (non-hydrogen) atoms. The molecule has 7 nitrogen and oxygen atoms in total. The van der Waals surface area contributed by atoms with Crippen molar-refractivity contribution in [3.8, 4) is 5.75 Å². The smallest absolute Gasteiger partial charge is 0.234 e. The molecular formula is C21H31N5O2. The van der Waals surface area contributed by atoms with Crippen LogP contribution in [-0.2, 0) is 11.3 Å². The minimum absolute atomic E-state index is 0.148. The number of hydrogen-bond donors (Lipinski definition) is 2. The highest BCUT2D eigenvalue weighted by Crippen LogP contribution is 2.19. The summed E-state index contributed by atoms with van der Waals surface area (Å²) in [5.74, 6) is 1.88. The lowest BCUT2D eigenvalue weighted by molar-refractivity contribution is -0.122. The van der Waals surface area contributed by atoms with Gasteiger partial charge in [0.2, 0.25) is 5.91 Å². The molecule has 1 heterocycles. The van der Waals surface area contributed by atoms with Gasteiger partial charge in [0.1, 0.15) is 12.4 Å². The first-order chi connectivity index (χ1) is 13.7. The third-order valence-electron chi connectivity index (χ3n) is 4.96. The number of nitrogens with zero attached hydrogens (tertiary/aromatic N) is 3. The molecule has 1 amide bonds. The average Bonchev–Trinajstić information content (AvgIpc) is 3.52. The van der Waals surface area contributed by atoms with Gasteiger partial charge in [0.05, 0.1) is 6.54 Å². The normalized spacial score (nSPS) is 17.9. The second-order valence-corrected chi connectivity index (χ2v) is 7.21. The van der Waals surface area contributed by atoms with Gasteiger partial charge in [0, 0.05) is 51.4 Å². The quantitative estimate of drug-likeness (QED) is 0.400. The monoisotopic (exact) mass is 385 g/mol. The largest absolute Gasteiger partial charge is 0.489 e. The van der Waals surface area contributed by atoms with Crippen molar-refractivity contribution in [1.29, 1.82) is 0 Å². The first-order valence-electron chi connectivity index (χ1n) is 9.98. The van der Waals surface area contributed by atoms with Gasteiger partial charge in [-0.2, -0.15) is 0 Å². The van der Waals surface area contributed by atoms with Crippen molar-refractivity contribution in [2.24, 2.45) is 4.99 Å². The number of carbonyl (C=O) groups is 1. The van der Waals surface area contributed by atoms with Crippen LogP contribution in [0.15, 0.2) is 41.9 Å². The van der Waals surface area contributed by atoms with Gasteiger partial charge < -0.3 is 20.3 Å². The number of nitrogens with one attached hydrogen (secondary N) is 2. The summed E-state index contributed by atoms with van der Waals surface area (Å²) in [6.07, 6.45) is 4.00. The van der Waals surface area contributed by atoms with Crippen LogP contribution in [0.25, 0.3) is 0 Å². The van der Waals surface area contributed by atoms with Crippen LogP contribution < -0.4 is 15.4 Å². The van der Waals surface area contributed by atoms with E-state index in [1.807, 2.05) is 18.2 Å². The molecule has 0 spiro atoms. The van der Waals surface area contributed by atoms with E-state index in [-0.39, 0.29) is 5.91 Å². The fourth-order valence-corrected chi connectivity index (χ4v) is 3.27. The number of guanidine groups is 1. The van der Waals surface area contributed by atoms with E-state index in [1.165, 1.54) is 0 Å². The third kappa shape index (κ3) is 5.99. The van der Waals surface area contributed by atoms with E-state index >= 15 is 0 Å². The van der Waals surface area contributed by atoms with Gasteiger partial charge in [-0.3, -0.25) is 14.7 Å². The molecule has 1 aromatic carbocycles. The minimum Gasteiger partial charge on any atom is -0.489 e. The highest BCUT2D eigenvalue weighted by atomic mass is 16.5. The molecule has 2 N–H and O–H groups in total. The van der Waals surface area contributed by atoms with Crippen LogP contribution in [0.3, 0.4) is 0 Å². The number of rotatable bonds is 8. The Morgan fingerprint density at radius 3 is 2.71 bits per heavy atom. The van der Waals surface area contributed by atoms with Crippen LogP contribution in [0.2, 0.25) is 0 Å². The van der Waals surface area contributed by atoms with E-state index in [0.717, 1.165) is 56.3 Å². The van der Waals surface area contributed by atoms with Crippen LogP contribution in [0.5, 0.6) is 5.75 Å². The second kappa shape index (κ2) is 10.1. The van der Waals surface area contributed by atoms with Gasteiger partial charge in [0.25, 0.3) is 0 Å². The van der Waals surface area contributed by atoms with Gasteiger partial charge in [-0.05, 0) is 18.9 Å². The maximum Gasteiger partial charge on any atom is 0.234 e. The van der Waals surface area contributed by atoms with E-state index in [0.29, 0.717) is 25.7 Å². The number of para-hydroxylation sites is 1. The number of piperazine rings is 1. The van der Waals surface area contributed by atoms with Crippen molar-refractivity contribution in [3.05, 3.63) is 42.5 Å². The Hall–Kier alpha value is -2.54. The van der Waals surface area contributed by atoms with Crippen molar-refractivity contribution in [3.63, 3.8) is 0 Å². The number of amides is 1. The maximum absolute atomic E-state index is 12.0. The lowest BCUT2D eigenvalue weighted by atomic mass is 10.2. The van der Waals surface area contributed by atoms with Crippen molar-refractivity contribution < 1.29 is 9.53 Å². The Balaban J connectivity index is 1.46. The molecule has 0 aromatic heterocycles. The summed E-state index contributed by atoms with van der Waals surface area (Å²) in [7, 11) is 1.80. The number of ether oxygens (including phenoxy) is 1. The molecule has 1 aromatic rings. The fraction of sp³-hybridized carbons (Fsp3) is 0.524. The Morgan fingerprint density at radius 2 is 2.04 bits per heavy atom. The summed E-state index contributed by atoms with van der Waals surface area (Å²) in [5, 5.41) is 6.49. The number of aliphatic imine (C=N–C) groups is 1. The van der Waals surface area contributed by atoms with Gasteiger partial charge in [0.15, 0.2) is 5.96 Å². The van der Waals surface area contributed by atoms with Crippen molar-refractivity contribution in [2.75, 3.05) is 46.4 Å². The van der Waals surface area contributed by atoms with Crippen molar-refractivity contribution >= 4 is 11.9 Å². The lowest BCUT2D eigenvalue weighted by Crippen LogP contribution is -2.54. The number of hydrogen-bond acceptors (Lipinski definition) is 4. The highest BCUT2D eigenvalue weighted by Gasteiger charge is 2.25. The van der Waals surface area contributed by atoms with E-state index in [9.17, 15) is 4.79 Å². The molecule has 2 fully saturated rings. The highest BCUT2D eigenvalue weighted by molar-refractivity contribution is 5.80. The minimum atomic E-state index is 0.148. The molecule has 1 saturated heterocycles. The van der Waals surface area contributed by atoms with Crippen LogP contribution in [-0.4, -0.2) is 74.1 Å². The standard InChI is InChI=1S/C21H31N5O2/c1-3-14-28-19-7-5-4-6-17(19)15-23-21(22-2)26-12-10-25(11-13-26)16-20(27)24-18-8-9-18/h3-7,18H,1,8-16H2,2H3,(H,22,23)(H,24,27). The molecule has 0 bridgehead atoms. The second-order valence-electron chi connectivity index (χ2n) is 7.21. The van der Waals surface area contributed by atoms with Crippen molar-refractivity contribution in [2.45, 2.75) is 25.4 Å². The topological polar surface area (TPSA) is 69.2 Å². The predicted octanol–water partition coefficient (Wildman–Crippen LogP) is 1.22. The molecule has 1 aliphatic heterocycles.